The fourth-order valence-corrected chi connectivity index (χ4v) is 4.07. The van der Waals surface area contributed by atoms with Crippen molar-refractivity contribution in [1.82, 2.24) is 14.9 Å². The number of nitrogens with one attached hydrogen (secondary N) is 1. The Kier molecular flexibility index (Phi) is 4.36. The summed E-state index contributed by atoms with van der Waals surface area (Å²) in [4.78, 5) is 4.67. The van der Waals surface area contributed by atoms with Gasteiger partial charge in [-0.2, -0.15) is 0 Å². The lowest BCUT2D eigenvalue weighted by Gasteiger charge is -2.31. The van der Waals surface area contributed by atoms with Crippen molar-refractivity contribution in [2.45, 2.75) is 45.2 Å². The maximum absolute atomic E-state index is 5.54. The number of hydrogen-bond acceptors (Lipinski definition) is 3. The van der Waals surface area contributed by atoms with E-state index in [0.29, 0.717) is 6.04 Å². The summed E-state index contributed by atoms with van der Waals surface area (Å²) in [7, 11) is 0. The predicted molar refractivity (Wildman–Crippen MR) is 92.5 cm³/mol. The lowest BCUT2D eigenvalue weighted by atomic mass is 9.88. The first-order chi connectivity index (χ1) is 11.3. The Morgan fingerprint density at radius 2 is 1.91 bits per heavy atom. The molecule has 4 heteroatoms. The van der Waals surface area contributed by atoms with Gasteiger partial charge in [-0.1, -0.05) is 12.1 Å². The molecule has 1 unspecified atom stereocenters. The molecule has 1 aliphatic carbocycles. The first kappa shape index (κ1) is 15.2. The van der Waals surface area contributed by atoms with Crippen molar-refractivity contribution in [2.75, 3.05) is 19.8 Å². The van der Waals surface area contributed by atoms with Gasteiger partial charge in [-0.3, -0.25) is 0 Å². The summed E-state index contributed by atoms with van der Waals surface area (Å²) in [6.07, 6.45) is 5.26. The van der Waals surface area contributed by atoms with Crippen LogP contribution in [0.3, 0.4) is 0 Å². The maximum atomic E-state index is 5.54. The highest BCUT2D eigenvalue weighted by molar-refractivity contribution is 5.75. The zero-order valence-electron chi connectivity index (χ0n) is 14.0. The highest BCUT2D eigenvalue weighted by Gasteiger charge is 2.36. The molecule has 0 radical (unpaired) electrons. The summed E-state index contributed by atoms with van der Waals surface area (Å²) in [5, 5.41) is 3.88. The SMILES string of the molecule is Cc1nc2ccccc2n1CCNC(C1CCOCC1)C1CC1. The van der Waals surface area contributed by atoms with Crippen molar-refractivity contribution in [3.63, 3.8) is 0 Å². The number of nitrogens with zero attached hydrogens (tertiary/aromatic N) is 2. The molecule has 1 saturated carbocycles. The van der Waals surface area contributed by atoms with E-state index in [-0.39, 0.29) is 0 Å². The smallest absolute Gasteiger partial charge is 0.106 e. The minimum Gasteiger partial charge on any atom is -0.381 e. The molecule has 23 heavy (non-hydrogen) atoms. The van der Waals surface area contributed by atoms with E-state index in [2.05, 4.69) is 46.1 Å². The fraction of sp³-hybridized carbons (Fsp3) is 0.632. The van der Waals surface area contributed by atoms with Crippen LogP contribution in [0.1, 0.15) is 31.5 Å². The van der Waals surface area contributed by atoms with E-state index in [0.717, 1.165) is 49.5 Å². The first-order valence-corrected chi connectivity index (χ1v) is 9.06. The van der Waals surface area contributed by atoms with Crippen LogP contribution in [0.2, 0.25) is 0 Å². The third-order valence-electron chi connectivity index (χ3n) is 5.46. The number of imidazole rings is 1. The molecule has 2 aliphatic rings. The van der Waals surface area contributed by atoms with Gasteiger partial charge < -0.3 is 14.6 Å². The Hall–Kier alpha value is -1.39. The largest absolute Gasteiger partial charge is 0.381 e. The third-order valence-corrected chi connectivity index (χ3v) is 5.46. The second-order valence-corrected chi connectivity index (χ2v) is 7.07. The number of aryl methyl sites for hydroxylation is 1. The summed E-state index contributed by atoms with van der Waals surface area (Å²) in [6, 6.07) is 9.12. The van der Waals surface area contributed by atoms with E-state index < -0.39 is 0 Å². The zero-order valence-corrected chi connectivity index (χ0v) is 14.0. The number of fused-ring (bicyclic) bond motifs is 1. The Balaban J connectivity index is 1.40. The van der Waals surface area contributed by atoms with E-state index in [9.17, 15) is 0 Å². The van der Waals surface area contributed by atoms with Crippen molar-refractivity contribution >= 4 is 11.0 Å². The van der Waals surface area contributed by atoms with Gasteiger partial charge in [-0.05, 0) is 56.6 Å². The predicted octanol–water partition coefficient (Wildman–Crippen LogP) is 3.14. The molecule has 1 N–H and O–H groups in total. The van der Waals surface area contributed by atoms with E-state index in [1.807, 2.05) is 0 Å². The summed E-state index contributed by atoms with van der Waals surface area (Å²) >= 11 is 0. The molecule has 1 saturated heterocycles. The van der Waals surface area contributed by atoms with Crippen LogP contribution in [-0.4, -0.2) is 35.4 Å². The van der Waals surface area contributed by atoms with Crippen molar-refractivity contribution in [3.8, 4) is 0 Å². The van der Waals surface area contributed by atoms with E-state index >= 15 is 0 Å². The van der Waals surface area contributed by atoms with Gasteiger partial charge in [0, 0.05) is 32.3 Å². The summed E-state index contributed by atoms with van der Waals surface area (Å²) in [6.45, 7) is 6.02. The number of hydrogen-bond donors (Lipinski definition) is 1. The third kappa shape index (κ3) is 3.29. The summed E-state index contributed by atoms with van der Waals surface area (Å²) in [5.74, 6) is 2.82. The number of benzene rings is 1. The molecule has 4 rings (SSSR count). The molecule has 2 aromatic rings. The zero-order chi connectivity index (χ0) is 15.6. The van der Waals surface area contributed by atoms with Crippen molar-refractivity contribution in [1.29, 1.82) is 0 Å². The van der Waals surface area contributed by atoms with E-state index in [1.165, 1.54) is 31.2 Å². The van der Waals surface area contributed by atoms with Gasteiger partial charge in [0.25, 0.3) is 0 Å². The minimum atomic E-state index is 0.689. The molecule has 1 aromatic heterocycles. The van der Waals surface area contributed by atoms with Crippen molar-refractivity contribution in [3.05, 3.63) is 30.1 Å². The topological polar surface area (TPSA) is 39.1 Å². The second kappa shape index (κ2) is 6.62. The average molecular weight is 313 g/mol. The van der Waals surface area contributed by atoms with Crippen molar-refractivity contribution < 1.29 is 4.74 Å². The molecule has 1 aliphatic heterocycles. The van der Waals surface area contributed by atoms with Crippen LogP contribution >= 0.6 is 0 Å². The molecule has 4 nitrogen and oxygen atoms in total. The summed E-state index contributed by atoms with van der Waals surface area (Å²) in [5.41, 5.74) is 2.36. The monoisotopic (exact) mass is 313 g/mol. The Morgan fingerprint density at radius 3 is 2.70 bits per heavy atom. The summed E-state index contributed by atoms with van der Waals surface area (Å²) < 4.78 is 7.88. The van der Waals surface area contributed by atoms with Gasteiger partial charge >= 0.3 is 0 Å². The average Bonchev–Trinajstić information content (AvgIpc) is 3.37. The molecule has 0 amide bonds. The highest BCUT2D eigenvalue weighted by atomic mass is 16.5. The minimum absolute atomic E-state index is 0.689. The molecule has 1 atom stereocenters. The molecule has 2 fully saturated rings. The van der Waals surface area contributed by atoms with Gasteiger partial charge in [-0.15, -0.1) is 0 Å². The molecule has 124 valence electrons. The van der Waals surface area contributed by atoms with Crippen LogP contribution in [0.25, 0.3) is 11.0 Å². The molecular weight excluding hydrogens is 286 g/mol. The molecule has 0 spiro atoms. The Morgan fingerprint density at radius 1 is 1.17 bits per heavy atom. The lowest BCUT2D eigenvalue weighted by Crippen LogP contribution is -2.42. The van der Waals surface area contributed by atoms with Crippen LogP contribution in [-0.2, 0) is 11.3 Å². The molecule has 2 heterocycles. The quantitative estimate of drug-likeness (QED) is 0.890. The normalized spacial score (nSPS) is 20.9. The van der Waals surface area contributed by atoms with Crippen LogP contribution < -0.4 is 5.32 Å². The van der Waals surface area contributed by atoms with Gasteiger partial charge in [-0.25, -0.2) is 4.98 Å². The first-order valence-electron chi connectivity index (χ1n) is 9.06. The highest BCUT2D eigenvalue weighted by Crippen LogP contribution is 2.38. The molecule has 0 bridgehead atoms. The molecule has 1 aromatic carbocycles. The number of ether oxygens (including phenoxy) is 1. The van der Waals surface area contributed by atoms with Crippen molar-refractivity contribution in [2.24, 2.45) is 11.8 Å². The van der Waals surface area contributed by atoms with E-state index in [1.54, 1.807) is 0 Å². The second-order valence-electron chi connectivity index (χ2n) is 7.07. The Bertz CT molecular complexity index is 656. The van der Waals surface area contributed by atoms with Gasteiger partial charge in [0.05, 0.1) is 11.0 Å². The van der Waals surface area contributed by atoms with Gasteiger partial charge in [0.15, 0.2) is 0 Å². The number of para-hydroxylation sites is 2. The van der Waals surface area contributed by atoms with E-state index in [4.69, 9.17) is 4.74 Å². The number of aromatic nitrogens is 2. The number of rotatable bonds is 6. The van der Waals surface area contributed by atoms with Crippen LogP contribution in [0.4, 0.5) is 0 Å². The van der Waals surface area contributed by atoms with Gasteiger partial charge in [0.1, 0.15) is 5.82 Å². The standard InChI is InChI=1S/C19H27N3O/c1-14-21-17-4-2-3-5-18(17)22(14)11-10-20-19(15-6-7-15)16-8-12-23-13-9-16/h2-5,15-16,19-20H,6-13H2,1H3. The Labute approximate surface area is 138 Å². The van der Waals surface area contributed by atoms with Crippen LogP contribution in [0, 0.1) is 18.8 Å². The lowest BCUT2D eigenvalue weighted by molar-refractivity contribution is 0.0506. The van der Waals surface area contributed by atoms with Crippen LogP contribution in [0.15, 0.2) is 24.3 Å². The fourth-order valence-electron chi connectivity index (χ4n) is 4.07. The van der Waals surface area contributed by atoms with Gasteiger partial charge in [0.2, 0.25) is 0 Å². The van der Waals surface area contributed by atoms with Crippen LogP contribution in [0.5, 0.6) is 0 Å². The maximum Gasteiger partial charge on any atom is 0.106 e. The molecular formula is C19H27N3O.